The minimum Gasteiger partial charge on any atom is -0.319 e. The van der Waals surface area contributed by atoms with Gasteiger partial charge in [-0.3, -0.25) is 0 Å². The van der Waals surface area contributed by atoms with Gasteiger partial charge >= 0.3 is 6.03 Å². The van der Waals surface area contributed by atoms with Crippen LogP contribution in [0.2, 0.25) is 0 Å². The minimum atomic E-state index is -3.51. The van der Waals surface area contributed by atoms with Crippen LogP contribution in [-0.2, 0) is 9.84 Å². The predicted octanol–water partition coefficient (Wildman–Crippen LogP) is 2.11. The van der Waals surface area contributed by atoms with E-state index in [1.165, 1.54) is 6.92 Å². The zero-order valence-electron chi connectivity index (χ0n) is 13.2. The van der Waals surface area contributed by atoms with Crippen molar-refractivity contribution in [3.63, 3.8) is 0 Å². The van der Waals surface area contributed by atoms with Crippen LogP contribution >= 0.6 is 0 Å². The molecule has 0 fully saturated rings. The molecule has 0 radical (unpaired) electrons. The topological polar surface area (TPSA) is 85.2 Å². The van der Waals surface area contributed by atoms with Crippen molar-refractivity contribution in [1.82, 2.24) is 19.7 Å². The maximum Gasteiger partial charge on any atom is 0.346 e. The molecule has 0 atom stereocenters. The predicted molar refractivity (Wildman–Crippen MR) is 84.5 cm³/mol. The molecule has 0 aliphatic carbocycles. The van der Waals surface area contributed by atoms with Crippen LogP contribution in [0, 0.1) is 0 Å². The number of amides is 1. The SMILES string of the molecule is C=CCN(CCCCCC)C(=O)n1cnc(S(=O)(=O)CC)n1. The molecular formula is C14H24N4O3S. The van der Waals surface area contributed by atoms with E-state index in [1.807, 2.05) is 0 Å². The second kappa shape index (κ2) is 8.67. The molecule has 124 valence electrons. The largest absolute Gasteiger partial charge is 0.346 e. The average molecular weight is 328 g/mol. The van der Waals surface area contributed by atoms with Crippen molar-refractivity contribution < 1.29 is 13.2 Å². The van der Waals surface area contributed by atoms with Gasteiger partial charge in [-0.25, -0.2) is 18.2 Å². The number of nitrogens with zero attached hydrogens (tertiary/aromatic N) is 4. The van der Waals surface area contributed by atoms with E-state index in [-0.39, 0.29) is 16.9 Å². The third-order valence-corrected chi connectivity index (χ3v) is 4.73. The molecule has 0 N–H and O–H groups in total. The van der Waals surface area contributed by atoms with Gasteiger partial charge in [-0.2, -0.15) is 4.68 Å². The molecule has 1 heterocycles. The maximum absolute atomic E-state index is 12.4. The number of carbonyl (C=O) groups is 1. The van der Waals surface area contributed by atoms with Gasteiger partial charge < -0.3 is 4.90 Å². The molecule has 0 aromatic carbocycles. The summed E-state index contributed by atoms with van der Waals surface area (Å²) in [4.78, 5) is 17.7. The molecule has 0 aliphatic heterocycles. The Morgan fingerprint density at radius 1 is 1.36 bits per heavy atom. The van der Waals surface area contributed by atoms with Crippen molar-refractivity contribution >= 4 is 15.9 Å². The smallest absolute Gasteiger partial charge is 0.319 e. The summed E-state index contributed by atoms with van der Waals surface area (Å²) in [5.74, 6) is -0.0986. The van der Waals surface area contributed by atoms with Crippen LogP contribution in [0.5, 0.6) is 0 Å². The summed E-state index contributed by atoms with van der Waals surface area (Å²) in [5.41, 5.74) is 0. The molecule has 7 nitrogen and oxygen atoms in total. The molecular weight excluding hydrogens is 304 g/mol. The molecule has 0 spiro atoms. The lowest BCUT2D eigenvalue weighted by Gasteiger charge is -2.20. The van der Waals surface area contributed by atoms with Gasteiger partial charge in [-0.05, 0) is 6.42 Å². The van der Waals surface area contributed by atoms with Crippen molar-refractivity contribution in [1.29, 1.82) is 0 Å². The molecule has 0 saturated carbocycles. The second-order valence-corrected chi connectivity index (χ2v) is 7.13. The van der Waals surface area contributed by atoms with Crippen LogP contribution in [0.3, 0.4) is 0 Å². The number of carbonyl (C=O) groups excluding carboxylic acids is 1. The van der Waals surface area contributed by atoms with Crippen molar-refractivity contribution in [2.75, 3.05) is 18.8 Å². The van der Waals surface area contributed by atoms with Crippen LogP contribution in [0.25, 0.3) is 0 Å². The zero-order valence-corrected chi connectivity index (χ0v) is 14.0. The zero-order chi connectivity index (χ0) is 16.6. The Kier molecular flexibility index (Phi) is 7.23. The number of hydrogen-bond acceptors (Lipinski definition) is 5. The van der Waals surface area contributed by atoms with Crippen LogP contribution in [-0.4, -0.2) is 53.0 Å². The normalized spacial score (nSPS) is 11.4. The van der Waals surface area contributed by atoms with E-state index in [1.54, 1.807) is 11.0 Å². The molecule has 8 heteroatoms. The summed E-state index contributed by atoms with van der Waals surface area (Å²) in [6.07, 6.45) is 6.97. The van der Waals surface area contributed by atoms with E-state index in [4.69, 9.17) is 0 Å². The lowest BCUT2D eigenvalue weighted by molar-refractivity contribution is 0.200. The van der Waals surface area contributed by atoms with E-state index in [2.05, 4.69) is 23.6 Å². The second-order valence-electron chi connectivity index (χ2n) is 4.95. The van der Waals surface area contributed by atoms with Gasteiger partial charge in [0, 0.05) is 13.1 Å². The molecule has 0 saturated heterocycles. The Bertz CT molecular complexity index is 595. The number of aromatic nitrogens is 3. The fourth-order valence-corrected chi connectivity index (χ4v) is 2.59. The van der Waals surface area contributed by atoms with Gasteiger partial charge in [0.2, 0.25) is 9.84 Å². The first-order valence-electron chi connectivity index (χ1n) is 7.50. The number of sulfone groups is 1. The summed E-state index contributed by atoms with van der Waals surface area (Å²) in [7, 11) is -3.51. The van der Waals surface area contributed by atoms with E-state index in [0.717, 1.165) is 36.7 Å². The minimum absolute atomic E-state index is 0.0986. The molecule has 0 unspecified atom stereocenters. The average Bonchev–Trinajstić information content (AvgIpc) is 3.00. The number of hydrogen-bond donors (Lipinski definition) is 0. The summed E-state index contributed by atoms with van der Waals surface area (Å²) < 4.78 is 24.4. The third kappa shape index (κ3) is 4.94. The Hall–Kier alpha value is -1.70. The van der Waals surface area contributed by atoms with Gasteiger partial charge in [0.1, 0.15) is 6.33 Å². The number of rotatable bonds is 9. The molecule has 1 rings (SSSR count). The van der Waals surface area contributed by atoms with Crippen molar-refractivity contribution in [3.8, 4) is 0 Å². The molecule has 22 heavy (non-hydrogen) atoms. The lowest BCUT2D eigenvalue weighted by Crippen LogP contribution is -2.36. The quantitative estimate of drug-likeness (QED) is 0.512. The lowest BCUT2D eigenvalue weighted by atomic mass is 10.2. The monoisotopic (exact) mass is 328 g/mol. The first kappa shape index (κ1) is 18.3. The Balaban J connectivity index is 2.79. The first-order valence-corrected chi connectivity index (χ1v) is 9.16. The molecule has 1 amide bonds. The van der Waals surface area contributed by atoms with Gasteiger partial charge in [0.05, 0.1) is 5.75 Å². The van der Waals surface area contributed by atoms with Crippen molar-refractivity contribution in [3.05, 3.63) is 19.0 Å². The van der Waals surface area contributed by atoms with E-state index in [9.17, 15) is 13.2 Å². The fourth-order valence-electron chi connectivity index (χ4n) is 1.91. The summed E-state index contributed by atoms with van der Waals surface area (Å²) in [6, 6.07) is -0.388. The van der Waals surface area contributed by atoms with Gasteiger partial charge in [-0.15, -0.1) is 11.7 Å². The van der Waals surface area contributed by atoms with E-state index < -0.39 is 9.84 Å². The molecule has 0 bridgehead atoms. The van der Waals surface area contributed by atoms with Gasteiger partial charge in [0.15, 0.2) is 0 Å². The van der Waals surface area contributed by atoms with Crippen LogP contribution < -0.4 is 0 Å². The standard InChI is InChI=1S/C14H24N4O3S/c1-4-7-8-9-11-17(10-5-2)14(19)18-12-15-13(16-18)22(20,21)6-3/h5,12H,2,4,6-11H2,1,3H3. The number of unbranched alkanes of at least 4 members (excludes halogenated alkanes) is 3. The highest BCUT2D eigenvalue weighted by Crippen LogP contribution is 2.06. The first-order chi connectivity index (χ1) is 10.5. The highest BCUT2D eigenvalue weighted by atomic mass is 32.2. The van der Waals surface area contributed by atoms with Crippen LogP contribution in [0.1, 0.15) is 39.5 Å². The van der Waals surface area contributed by atoms with Gasteiger partial charge in [-0.1, -0.05) is 39.2 Å². The van der Waals surface area contributed by atoms with E-state index >= 15 is 0 Å². The Morgan fingerprint density at radius 2 is 2.09 bits per heavy atom. The third-order valence-electron chi connectivity index (χ3n) is 3.23. The van der Waals surface area contributed by atoms with Crippen LogP contribution in [0.15, 0.2) is 24.1 Å². The highest BCUT2D eigenvalue weighted by molar-refractivity contribution is 7.91. The van der Waals surface area contributed by atoms with Crippen LogP contribution in [0.4, 0.5) is 4.79 Å². The van der Waals surface area contributed by atoms with Crippen molar-refractivity contribution in [2.24, 2.45) is 0 Å². The van der Waals surface area contributed by atoms with E-state index in [0.29, 0.717) is 13.1 Å². The molecule has 1 aromatic heterocycles. The highest BCUT2D eigenvalue weighted by Gasteiger charge is 2.21. The van der Waals surface area contributed by atoms with Crippen molar-refractivity contribution in [2.45, 2.75) is 44.7 Å². The fraction of sp³-hybridized carbons (Fsp3) is 0.643. The molecule has 1 aromatic rings. The van der Waals surface area contributed by atoms with Gasteiger partial charge in [0.25, 0.3) is 5.16 Å². The maximum atomic E-state index is 12.4. The Labute approximate surface area is 131 Å². The summed E-state index contributed by atoms with van der Waals surface area (Å²) in [6.45, 7) is 8.25. The molecule has 0 aliphatic rings. The summed E-state index contributed by atoms with van der Waals surface area (Å²) in [5, 5.41) is 3.48. The Morgan fingerprint density at radius 3 is 2.68 bits per heavy atom. The summed E-state index contributed by atoms with van der Waals surface area (Å²) >= 11 is 0.